The highest BCUT2D eigenvalue weighted by atomic mass is 16.3. The van der Waals surface area contributed by atoms with Crippen LogP contribution in [0, 0.1) is 0 Å². The molecular weight excluding hydrogens is 338 g/mol. The number of nitrogens with zero attached hydrogens (tertiary/aromatic N) is 4. The molecule has 0 spiro atoms. The van der Waals surface area contributed by atoms with Crippen LogP contribution in [-0.4, -0.2) is 33.8 Å². The first kappa shape index (κ1) is 17.1. The van der Waals surface area contributed by atoms with Gasteiger partial charge in [-0.25, -0.2) is 4.98 Å². The Morgan fingerprint density at radius 3 is 2.70 bits per heavy atom. The van der Waals surface area contributed by atoms with Gasteiger partial charge in [0.25, 0.3) is 0 Å². The Morgan fingerprint density at radius 2 is 1.89 bits per heavy atom. The monoisotopic (exact) mass is 359 g/mol. The highest BCUT2D eigenvalue weighted by Crippen LogP contribution is 2.29. The van der Waals surface area contributed by atoms with Crippen molar-refractivity contribution < 1.29 is 5.11 Å². The largest absolute Gasteiger partial charge is 0.392 e. The van der Waals surface area contributed by atoms with Crippen LogP contribution in [0.4, 0.5) is 17.2 Å². The van der Waals surface area contributed by atoms with E-state index in [1.54, 1.807) is 16.9 Å². The average Bonchev–Trinajstić information content (AvgIpc) is 3.13. The summed E-state index contributed by atoms with van der Waals surface area (Å²) in [4.78, 5) is 6.57. The second-order valence-corrected chi connectivity index (χ2v) is 6.51. The Morgan fingerprint density at radius 1 is 1.04 bits per heavy atom. The van der Waals surface area contributed by atoms with Crippen molar-refractivity contribution in [3.8, 4) is 11.1 Å². The number of anilines is 3. The Bertz CT molecular complexity index is 1090. The van der Waals surface area contributed by atoms with Gasteiger partial charge in [-0.1, -0.05) is 30.3 Å². The second kappa shape index (κ2) is 7.09. The third kappa shape index (κ3) is 3.22. The number of rotatable bonds is 5. The van der Waals surface area contributed by atoms with Crippen molar-refractivity contribution in [2.24, 2.45) is 0 Å². The van der Waals surface area contributed by atoms with Gasteiger partial charge in [-0.15, -0.1) is 0 Å². The zero-order valence-corrected chi connectivity index (χ0v) is 15.3. The molecule has 4 aromatic rings. The van der Waals surface area contributed by atoms with Crippen LogP contribution in [0.5, 0.6) is 0 Å². The molecule has 0 aliphatic carbocycles. The van der Waals surface area contributed by atoms with E-state index in [9.17, 15) is 5.11 Å². The molecule has 0 fully saturated rings. The smallest absolute Gasteiger partial charge is 0.165 e. The summed E-state index contributed by atoms with van der Waals surface area (Å²) in [6, 6.07) is 17.8. The summed E-state index contributed by atoms with van der Waals surface area (Å²) in [5.41, 5.74) is 5.51. The average molecular weight is 359 g/mol. The molecular formula is C21H21N5O. The van der Waals surface area contributed by atoms with Crippen LogP contribution in [0.3, 0.4) is 0 Å². The molecule has 0 bridgehead atoms. The first-order valence-corrected chi connectivity index (χ1v) is 8.73. The molecule has 0 atom stereocenters. The molecule has 2 N–H and O–H groups in total. The molecule has 27 heavy (non-hydrogen) atoms. The maximum absolute atomic E-state index is 9.65. The van der Waals surface area contributed by atoms with E-state index in [1.807, 2.05) is 56.6 Å². The fourth-order valence-corrected chi connectivity index (χ4v) is 3.11. The molecule has 2 aromatic carbocycles. The number of hydrogen-bond acceptors (Lipinski definition) is 5. The first-order chi connectivity index (χ1) is 13.2. The highest BCUT2D eigenvalue weighted by molar-refractivity contribution is 5.80. The quantitative estimate of drug-likeness (QED) is 0.569. The minimum atomic E-state index is -0.0250. The minimum Gasteiger partial charge on any atom is -0.392 e. The molecule has 0 aliphatic heterocycles. The van der Waals surface area contributed by atoms with Crippen molar-refractivity contribution in [3.63, 3.8) is 0 Å². The van der Waals surface area contributed by atoms with E-state index in [1.165, 1.54) is 0 Å². The lowest BCUT2D eigenvalue weighted by atomic mass is 10.0. The van der Waals surface area contributed by atoms with Crippen LogP contribution < -0.4 is 10.2 Å². The van der Waals surface area contributed by atoms with Crippen LogP contribution in [0.15, 0.2) is 67.0 Å². The number of aromatic nitrogens is 3. The molecule has 0 radical (unpaired) electrons. The van der Waals surface area contributed by atoms with Gasteiger partial charge in [0.15, 0.2) is 5.65 Å². The third-order valence-electron chi connectivity index (χ3n) is 4.51. The van der Waals surface area contributed by atoms with Gasteiger partial charge >= 0.3 is 0 Å². The number of fused-ring (bicyclic) bond motifs is 1. The molecule has 4 rings (SSSR count). The summed E-state index contributed by atoms with van der Waals surface area (Å²) in [6.07, 6.45) is 3.55. The van der Waals surface area contributed by atoms with Gasteiger partial charge in [-0.05, 0) is 35.4 Å². The summed E-state index contributed by atoms with van der Waals surface area (Å²) in [7, 11) is 4.03. The van der Waals surface area contributed by atoms with Gasteiger partial charge in [0, 0.05) is 37.2 Å². The summed E-state index contributed by atoms with van der Waals surface area (Å²) < 4.78 is 1.78. The van der Waals surface area contributed by atoms with Gasteiger partial charge in [0.05, 0.1) is 12.8 Å². The van der Waals surface area contributed by atoms with Crippen molar-refractivity contribution in [2.45, 2.75) is 6.61 Å². The van der Waals surface area contributed by atoms with E-state index in [0.29, 0.717) is 0 Å². The molecule has 6 nitrogen and oxygen atoms in total. The van der Waals surface area contributed by atoms with E-state index < -0.39 is 0 Å². The topological polar surface area (TPSA) is 65.7 Å². The summed E-state index contributed by atoms with van der Waals surface area (Å²) >= 11 is 0. The second-order valence-electron chi connectivity index (χ2n) is 6.51. The van der Waals surface area contributed by atoms with Crippen molar-refractivity contribution in [1.29, 1.82) is 0 Å². The SMILES string of the molecule is CN(C)c1cccc(Nc2ccnc3c(-c4ccccc4CO)cnn23)c1. The lowest BCUT2D eigenvalue weighted by Crippen LogP contribution is -2.08. The summed E-state index contributed by atoms with van der Waals surface area (Å²) in [6.45, 7) is -0.0250. The Labute approximate surface area is 157 Å². The Hall–Kier alpha value is -3.38. The van der Waals surface area contributed by atoms with E-state index in [0.717, 1.165) is 39.5 Å². The Kier molecular flexibility index (Phi) is 4.48. The van der Waals surface area contributed by atoms with E-state index in [4.69, 9.17) is 0 Å². The Balaban J connectivity index is 1.76. The lowest BCUT2D eigenvalue weighted by molar-refractivity contribution is 0.282. The standard InChI is InChI=1S/C21H21N5O/c1-25(2)17-8-5-7-16(12-17)24-20-10-11-22-21-19(13-23-26(20)21)18-9-4-3-6-15(18)14-27/h3-13,24,27H,14H2,1-2H3. The van der Waals surface area contributed by atoms with Gasteiger partial charge in [-0.2, -0.15) is 9.61 Å². The van der Waals surface area contributed by atoms with Crippen molar-refractivity contribution >= 4 is 22.8 Å². The predicted octanol–water partition coefficient (Wildman–Crippen LogP) is 3.70. The molecule has 2 aromatic heterocycles. The zero-order chi connectivity index (χ0) is 18.8. The van der Waals surface area contributed by atoms with Crippen LogP contribution in [-0.2, 0) is 6.61 Å². The predicted molar refractivity (Wildman–Crippen MR) is 108 cm³/mol. The molecule has 0 aliphatic rings. The van der Waals surface area contributed by atoms with Gasteiger partial charge < -0.3 is 15.3 Å². The molecule has 136 valence electrons. The maximum Gasteiger partial charge on any atom is 0.165 e. The van der Waals surface area contributed by atoms with Gasteiger partial charge in [0.2, 0.25) is 0 Å². The van der Waals surface area contributed by atoms with Crippen LogP contribution in [0.25, 0.3) is 16.8 Å². The molecule has 6 heteroatoms. The van der Waals surface area contributed by atoms with E-state index in [2.05, 4.69) is 32.4 Å². The number of aliphatic hydroxyl groups excluding tert-OH is 1. The van der Waals surface area contributed by atoms with Crippen LogP contribution in [0.2, 0.25) is 0 Å². The van der Waals surface area contributed by atoms with Gasteiger partial charge in [0.1, 0.15) is 5.82 Å². The van der Waals surface area contributed by atoms with E-state index >= 15 is 0 Å². The number of nitrogens with one attached hydrogen (secondary N) is 1. The van der Waals surface area contributed by atoms with E-state index in [-0.39, 0.29) is 6.61 Å². The first-order valence-electron chi connectivity index (χ1n) is 8.73. The lowest BCUT2D eigenvalue weighted by Gasteiger charge is -2.14. The molecule has 0 saturated carbocycles. The van der Waals surface area contributed by atoms with Crippen LogP contribution >= 0.6 is 0 Å². The summed E-state index contributed by atoms with van der Waals surface area (Å²) in [5.74, 6) is 0.823. The molecule has 0 unspecified atom stereocenters. The van der Waals surface area contributed by atoms with Gasteiger partial charge in [-0.3, -0.25) is 0 Å². The number of aliphatic hydroxyl groups is 1. The fraction of sp³-hybridized carbons (Fsp3) is 0.143. The molecule has 2 heterocycles. The number of benzene rings is 2. The fourth-order valence-electron chi connectivity index (χ4n) is 3.11. The zero-order valence-electron chi connectivity index (χ0n) is 15.3. The summed E-state index contributed by atoms with van der Waals surface area (Å²) in [5, 5.41) is 17.6. The number of hydrogen-bond donors (Lipinski definition) is 2. The van der Waals surface area contributed by atoms with Crippen LogP contribution in [0.1, 0.15) is 5.56 Å². The third-order valence-corrected chi connectivity index (χ3v) is 4.51. The van der Waals surface area contributed by atoms with Crippen molar-refractivity contribution in [1.82, 2.24) is 14.6 Å². The van der Waals surface area contributed by atoms with Crippen molar-refractivity contribution in [2.75, 3.05) is 24.3 Å². The minimum absolute atomic E-state index is 0.0250. The molecule has 0 saturated heterocycles. The molecule has 0 amide bonds. The highest BCUT2D eigenvalue weighted by Gasteiger charge is 2.13. The maximum atomic E-state index is 9.65. The normalized spacial score (nSPS) is 10.9. The van der Waals surface area contributed by atoms with Crippen molar-refractivity contribution in [3.05, 3.63) is 72.6 Å².